The Morgan fingerprint density at radius 3 is 2.33 bits per heavy atom. The summed E-state index contributed by atoms with van der Waals surface area (Å²) >= 11 is 3.64. The number of para-hydroxylation sites is 2. The van der Waals surface area contributed by atoms with Gasteiger partial charge in [0.05, 0.1) is 16.4 Å². The van der Waals surface area contributed by atoms with Crippen LogP contribution in [-0.4, -0.2) is 4.57 Å². The van der Waals surface area contributed by atoms with Gasteiger partial charge in [0.15, 0.2) is 0 Å². The third-order valence-corrected chi connectivity index (χ3v) is 5.74. The number of aromatic nitrogens is 1. The molecule has 6 rings (SSSR count). The maximum absolute atomic E-state index is 6.33. The van der Waals surface area contributed by atoms with Crippen molar-refractivity contribution in [3.05, 3.63) is 89.4 Å². The third-order valence-electron chi connectivity index (χ3n) is 5.25. The Labute approximate surface area is 163 Å². The van der Waals surface area contributed by atoms with Gasteiger partial charge in [0.25, 0.3) is 0 Å². The van der Waals surface area contributed by atoms with Crippen LogP contribution in [0.25, 0.3) is 49.4 Å². The lowest BCUT2D eigenvalue weighted by Gasteiger charge is -2.07. The molecule has 128 valence electrons. The summed E-state index contributed by atoms with van der Waals surface area (Å²) < 4.78 is 9.71. The van der Waals surface area contributed by atoms with Gasteiger partial charge >= 0.3 is 0 Å². The zero-order valence-corrected chi connectivity index (χ0v) is 15.9. The van der Waals surface area contributed by atoms with Gasteiger partial charge in [-0.25, -0.2) is 0 Å². The fourth-order valence-corrected chi connectivity index (χ4v) is 4.47. The molecule has 0 aliphatic heterocycles. The van der Waals surface area contributed by atoms with Crippen molar-refractivity contribution in [1.82, 2.24) is 4.57 Å². The van der Waals surface area contributed by atoms with E-state index >= 15 is 0 Å². The molecule has 0 bridgehead atoms. The largest absolute Gasteiger partial charge is 0.455 e. The molecule has 0 saturated heterocycles. The number of hydrogen-bond acceptors (Lipinski definition) is 1. The smallest absolute Gasteiger partial charge is 0.145 e. The molecular weight excluding hydrogens is 398 g/mol. The third kappa shape index (κ3) is 2.06. The summed E-state index contributed by atoms with van der Waals surface area (Å²) in [5, 5.41) is 4.66. The highest BCUT2D eigenvalue weighted by molar-refractivity contribution is 9.10. The summed E-state index contributed by atoms with van der Waals surface area (Å²) in [6, 6.07) is 29.6. The molecule has 0 atom stereocenters. The van der Waals surface area contributed by atoms with Crippen molar-refractivity contribution in [2.24, 2.45) is 0 Å². The standard InChI is InChI=1S/C24H14BrNO/c25-15-10-12-20-19(14-15)23-21(26(20)16-6-2-1-3-7-16)13-11-18-17-8-4-5-9-22(17)27-24(18)23/h1-14H. The molecule has 0 N–H and O–H groups in total. The Balaban J connectivity index is 1.89. The predicted molar refractivity (Wildman–Crippen MR) is 116 cm³/mol. The number of furan rings is 1. The summed E-state index contributed by atoms with van der Waals surface area (Å²) in [5.74, 6) is 0. The van der Waals surface area contributed by atoms with Crippen LogP contribution < -0.4 is 0 Å². The van der Waals surface area contributed by atoms with Crippen molar-refractivity contribution in [3.8, 4) is 5.69 Å². The first-order valence-corrected chi connectivity index (χ1v) is 9.70. The van der Waals surface area contributed by atoms with Gasteiger partial charge in [0, 0.05) is 26.3 Å². The second kappa shape index (κ2) is 5.48. The zero-order valence-electron chi connectivity index (χ0n) is 14.3. The van der Waals surface area contributed by atoms with E-state index in [0.717, 1.165) is 43.0 Å². The fraction of sp³-hybridized carbons (Fsp3) is 0. The molecule has 0 unspecified atom stereocenters. The summed E-state index contributed by atoms with van der Waals surface area (Å²) in [6.45, 7) is 0. The number of fused-ring (bicyclic) bond motifs is 7. The number of nitrogens with zero attached hydrogens (tertiary/aromatic N) is 1. The lowest BCUT2D eigenvalue weighted by atomic mass is 10.1. The average Bonchev–Trinajstić information content (AvgIpc) is 3.23. The van der Waals surface area contributed by atoms with Crippen LogP contribution in [0.1, 0.15) is 0 Å². The van der Waals surface area contributed by atoms with Gasteiger partial charge in [0.1, 0.15) is 11.2 Å². The predicted octanol–water partition coefficient (Wildman–Crippen LogP) is 7.45. The van der Waals surface area contributed by atoms with Crippen molar-refractivity contribution in [2.45, 2.75) is 0 Å². The molecule has 0 radical (unpaired) electrons. The molecule has 0 spiro atoms. The van der Waals surface area contributed by atoms with Gasteiger partial charge in [-0.3, -0.25) is 0 Å². The van der Waals surface area contributed by atoms with Crippen LogP contribution in [-0.2, 0) is 0 Å². The number of benzene rings is 4. The van der Waals surface area contributed by atoms with Crippen LogP contribution in [0.3, 0.4) is 0 Å². The Bertz CT molecular complexity index is 1470. The van der Waals surface area contributed by atoms with E-state index in [1.165, 1.54) is 10.9 Å². The quantitative estimate of drug-likeness (QED) is 0.274. The molecule has 2 heterocycles. The fourth-order valence-electron chi connectivity index (χ4n) is 4.11. The first-order valence-electron chi connectivity index (χ1n) is 8.90. The van der Waals surface area contributed by atoms with Crippen molar-refractivity contribution in [3.63, 3.8) is 0 Å². The Morgan fingerprint density at radius 1 is 0.667 bits per heavy atom. The lowest BCUT2D eigenvalue weighted by Crippen LogP contribution is -1.92. The van der Waals surface area contributed by atoms with Crippen molar-refractivity contribution >= 4 is 59.7 Å². The van der Waals surface area contributed by atoms with E-state index in [1.54, 1.807) is 0 Å². The van der Waals surface area contributed by atoms with E-state index < -0.39 is 0 Å². The average molecular weight is 412 g/mol. The van der Waals surface area contributed by atoms with E-state index in [0.29, 0.717) is 0 Å². The van der Waals surface area contributed by atoms with Crippen molar-refractivity contribution in [2.75, 3.05) is 0 Å². The molecule has 27 heavy (non-hydrogen) atoms. The van der Waals surface area contributed by atoms with Gasteiger partial charge in [-0.2, -0.15) is 0 Å². The van der Waals surface area contributed by atoms with Crippen molar-refractivity contribution < 1.29 is 4.42 Å². The van der Waals surface area contributed by atoms with Crippen molar-refractivity contribution in [1.29, 1.82) is 0 Å². The number of rotatable bonds is 1. The van der Waals surface area contributed by atoms with E-state index in [4.69, 9.17) is 4.42 Å². The lowest BCUT2D eigenvalue weighted by molar-refractivity contribution is 0.673. The molecule has 2 aromatic heterocycles. The summed E-state index contributed by atoms with van der Waals surface area (Å²) in [4.78, 5) is 0. The van der Waals surface area contributed by atoms with Gasteiger partial charge in [-0.15, -0.1) is 0 Å². The van der Waals surface area contributed by atoms with Crippen LogP contribution in [0.4, 0.5) is 0 Å². The topological polar surface area (TPSA) is 18.1 Å². The first kappa shape index (κ1) is 15.1. The molecule has 3 heteroatoms. The molecule has 4 aromatic carbocycles. The minimum atomic E-state index is 0.926. The normalized spacial score (nSPS) is 11.9. The highest BCUT2D eigenvalue weighted by atomic mass is 79.9. The molecule has 2 nitrogen and oxygen atoms in total. The zero-order chi connectivity index (χ0) is 18.0. The monoisotopic (exact) mass is 411 g/mol. The van der Waals surface area contributed by atoms with Gasteiger partial charge in [0.2, 0.25) is 0 Å². The molecule has 6 aromatic rings. The Hall–Kier alpha value is -3.04. The maximum atomic E-state index is 6.33. The van der Waals surface area contributed by atoms with E-state index in [2.05, 4.69) is 87.2 Å². The first-order chi connectivity index (χ1) is 13.3. The molecule has 0 fully saturated rings. The SMILES string of the molecule is Brc1ccc2c(c1)c1c3oc4ccccc4c3ccc1n2-c1ccccc1. The van der Waals surface area contributed by atoms with Crippen LogP contribution in [0.2, 0.25) is 0 Å². The summed E-state index contributed by atoms with van der Waals surface area (Å²) in [5.41, 5.74) is 5.35. The minimum Gasteiger partial charge on any atom is -0.455 e. The second-order valence-electron chi connectivity index (χ2n) is 6.77. The van der Waals surface area contributed by atoms with Gasteiger partial charge in [-0.1, -0.05) is 52.3 Å². The molecule has 0 aliphatic rings. The highest BCUT2D eigenvalue weighted by Gasteiger charge is 2.18. The summed E-state index contributed by atoms with van der Waals surface area (Å²) in [6.07, 6.45) is 0. The van der Waals surface area contributed by atoms with E-state index in [-0.39, 0.29) is 0 Å². The summed E-state index contributed by atoms with van der Waals surface area (Å²) in [7, 11) is 0. The van der Waals surface area contributed by atoms with Crippen LogP contribution in [0, 0.1) is 0 Å². The number of halogens is 1. The second-order valence-corrected chi connectivity index (χ2v) is 7.68. The van der Waals surface area contributed by atoms with Crippen LogP contribution >= 0.6 is 15.9 Å². The Kier molecular flexibility index (Phi) is 3.06. The highest BCUT2D eigenvalue weighted by Crippen LogP contribution is 2.40. The molecule has 0 aliphatic carbocycles. The molecule has 0 amide bonds. The Morgan fingerprint density at radius 2 is 1.44 bits per heavy atom. The maximum Gasteiger partial charge on any atom is 0.145 e. The van der Waals surface area contributed by atoms with Crippen LogP contribution in [0.5, 0.6) is 0 Å². The van der Waals surface area contributed by atoms with Gasteiger partial charge in [-0.05, 0) is 48.5 Å². The molecule has 0 saturated carbocycles. The minimum absolute atomic E-state index is 0.926. The van der Waals surface area contributed by atoms with E-state index in [9.17, 15) is 0 Å². The van der Waals surface area contributed by atoms with Crippen LogP contribution in [0.15, 0.2) is 93.8 Å². The molecular formula is C24H14BrNO. The number of hydrogen-bond donors (Lipinski definition) is 0. The van der Waals surface area contributed by atoms with E-state index in [1.807, 2.05) is 18.2 Å². The van der Waals surface area contributed by atoms with Gasteiger partial charge < -0.3 is 8.98 Å².